The maximum atomic E-state index is 8.22. The largest absolute Gasteiger partial charge is 0.380 e. The second kappa shape index (κ2) is 10.4. The maximum Gasteiger partial charge on any atom is 0.0635 e. The molecule has 0 radical (unpaired) electrons. The molecule has 0 fully saturated rings. The quantitative estimate of drug-likeness (QED) is 0.558. The average molecular weight is 170 g/mol. The van der Waals surface area contributed by atoms with Crippen LogP contribution in [0, 0.1) is 11.3 Å². The van der Waals surface area contributed by atoms with Crippen molar-refractivity contribution in [2.75, 3.05) is 26.3 Å². The zero-order valence-electron chi connectivity index (χ0n) is 7.81. The first kappa shape index (κ1) is 11.4. The van der Waals surface area contributed by atoms with E-state index in [-0.39, 0.29) is 0 Å². The van der Waals surface area contributed by atoms with Crippen molar-refractivity contribution in [2.45, 2.75) is 26.2 Å². The van der Waals surface area contributed by atoms with E-state index in [4.69, 9.17) is 10.00 Å². The Labute approximate surface area is 74.7 Å². The third-order valence-corrected chi connectivity index (χ3v) is 1.48. The highest BCUT2D eigenvalue weighted by Crippen LogP contribution is 1.86. The summed E-state index contributed by atoms with van der Waals surface area (Å²) in [6.45, 7) is 5.38. The molecule has 0 rings (SSSR count). The van der Waals surface area contributed by atoms with E-state index in [1.807, 2.05) is 0 Å². The number of ether oxygens (including phenoxy) is 1. The molecule has 0 aromatic rings. The van der Waals surface area contributed by atoms with E-state index in [1.54, 1.807) is 0 Å². The molecular weight excluding hydrogens is 152 g/mol. The molecule has 0 saturated heterocycles. The second-order valence-corrected chi connectivity index (χ2v) is 2.62. The molecule has 0 saturated carbocycles. The zero-order valence-corrected chi connectivity index (χ0v) is 7.81. The smallest absolute Gasteiger partial charge is 0.0635 e. The third kappa shape index (κ3) is 9.41. The molecule has 70 valence electrons. The summed E-state index contributed by atoms with van der Waals surface area (Å²) in [5.41, 5.74) is 0. The predicted molar refractivity (Wildman–Crippen MR) is 48.8 cm³/mol. The highest BCUT2D eigenvalue weighted by atomic mass is 16.5. The lowest BCUT2D eigenvalue weighted by Gasteiger charge is -2.03. The van der Waals surface area contributed by atoms with E-state index >= 15 is 0 Å². The van der Waals surface area contributed by atoms with Crippen molar-refractivity contribution in [1.29, 1.82) is 5.26 Å². The Morgan fingerprint density at radius 1 is 1.33 bits per heavy atom. The van der Waals surface area contributed by atoms with Gasteiger partial charge in [-0.05, 0) is 6.42 Å². The van der Waals surface area contributed by atoms with Gasteiger partial charge in [-0.3, -0.25) is 0 Å². The summed E-state index contributed by atoms with van der Waals surface area (Å²) in [5.74, 6) is 0. The lowest BCUT2D eigenvalue weighted by molar-refractivity contribution is 0.133. The Balaban J connectivity index is 2.78. The van der Waals surface area contributed by atoms with Gasteiger partial charge in [-0.15, -0.1) is 0 Å². The monoisotopic (exact) mass is 170 g/mol. The summed E-state index contributed by atoms with van der Waals surface area (Å²) in [4.78, 5) is 0. The van der Waals surface area contributed by atoms with E-state index in [0.29, 0.717) is 6.42 Å². The van der Waals surface area contributed by atoms with Gasteiger partial charge < -0.3 is 10.1 Å². The number of hydrogen-bond acceptors (Lipinski definition) is 3. The SMILES string of the molecule is CCCCOCCNCCC#N. The summed E-state index contributed by atoms with van der Waals surface area (Å²) in [7, 11) is 0. The van der Waals surface area contributed by atoms with Crippen LogP contribution in [-0.4, -0.2) is 26.3 Å². The van der Waals surface area contributed by atoms with Gasteiger partial charge in [0.2, 0.25) is 0 Å². The van der Waals surface area contributed by atoms with Crippen LogP contribution >= 0.6 is 0 Å². The van der Waals surface area contributed by atoms with Crippen LogP contribution in [-0.2, 0) is 4.74 Å². The number of nitrogens with one attached hydrogen (secondary N) is 1. The van der Waals surface area contributed by atoms with Gasteiger partial charge in [0, 0.05) is 26.1 Å². The number of nitriles is 1. The van der Waals surface area contributed by atoms with E-state index < -0.39 is 0 Å². The molecule has 0 aromatic carbocycles. The number of hydrogen-bond donors (Lipinski definition) is 1. The highest BCUT2D eigenvalue weighted by molar-refractivity contribution is 4.69. The van der Waals surface area contributed by atoms with Crippen molar-refractivity contribution in [3.05, 3.63) is 0 Å². The molecule has 0 bridgehead atoms. The first-order valence-electron chi connectivity index (χ1n) is 4.57. The second-order valence-electron chi connectivity index (χ2n) is 2.62. The molecular formula is C9H18N2O. The van der Waals surface area contributed by atoms with Gasteiger partial charge >= 0.3 is 0 Å². The molecule has 3 heteroatoms. The van der Waals surface area contributed by atoms with Crippen LogP contribution < -0.4 is 5.32 Å². The van der Waals surface area contributed by atoms with Gasteiger partial charge in [0.25, 0.3) is 0 Å². The molecule has 12 heavy (non-hydrogen) atoms. The van der Waals surface area contributed by atoms with Crippen molar-refractivity contribution in [3.8, 4) is 6.07 Å². The first-order chi connectivity index (χ1) is 5.91. The van der Waals surface area contributed by atoms with Crippen molar-refractivity contribution < 1.29 is 4.74 Å². The van der Waals surface area contributed by atoms with Gasteiger partial charge in [-0.2, -0.15) is 5.26 Å². The van der Waals surface area contributed by atoms with Crippen molar-refractivity contribution in [2.24, 2.45) is 0 Å². The van der Waals surface area contributed by atoms with Crippen LogP contribution in [0.5, 0.6) is 0 Å². The third-order valence-electron chi connectivity index (χ3n) is 1.48. The summed E-state index contributed by atoms with van der Waals surface area (Å²) in [5, 5.41) is 11.3. The van der Waals surface area contributed by atoms with Crippen molar-refractivity contribution in [1.82, 2.24) is 5.32 Å². The minimum absolute atomic E-state index is 0.578. The molecule has 0 aliphatic heterocycles. The maximum absolute atomic E-state index is 8.22. The molecule has 0 unspecified atom stereocenters. The van der Waals surface area contributed by atoms with Crippen LogP contribution in [0.25, 0.3) is 0 Å². The molecule has 3 nitrogen and oxygen atoms in total. The zero-order chi connectivity index (χ0) is 9.07. The Hall–Kier alpha value is -0.590. The summed E-state index contributed by atoms with van der Waals surface area (Å²) < 4.78 is 5.31. The average Bonchev–Trinajstić information content (AvgIpc) is 2.10. The van der Waals surface area contributed by atoms with Crippen LogP contribution in [0.2, 0.25) is 0 Å². The number of unbranched alkanes of at least 4 members (excludes halogenated alkanes) is 1. The van der Waals surface area contributed by atoms with Crippen LogP contribution in [0.1, 0.15) is 26.2 Å². The molecule has 0 heterocycles. The van der Waals surface area contributed by atoms with E-state index in [9.17, 15) is 0 Å². The minimum atomic E-state index is 0.578. The molecule has 0 aliphatic carbocycles. The van der Waals surface area contributed by atoms with Gasteiger partial charge in [0.15, 0.2) is 0 Å². The van der Waals surface area contributed by atoms with Gasteiger partial charge in [-0.1, -0.05) is 13.3 Å². The summed E-state index contributed by atoms with van der Waals surface area (Å²) in [6.07, 6.45) is 2.90. The Morgan fingerprint density at radius 3 is 2.83 bits per heavy atom. The Kier molecular flexibility index (Phi) is 9.90. The minimum Gasteiger partial charge on any atom is -0.380 e. The lowest BCUT2D eigenvalue weighted by atomic mass is 10.4. The standard InChI is InChI=1S/C9H18N2O/c1-2-3-8-12-9-7-11-6-4-5-10/h11H,2-4,6-9H2,1H3. The lowest BCUT2D eigenvalue weighted by Crippen LogP contribution is -2.20. The van der Waals surface area contributed by atoms with Gasteiger partial charge in [-0.25, -0.2) is 0 Å². The topological polar surface area (TPSA) is 45.0 Å². The number of rotatable bonds is 8. The molecule has 0 aromatic heterocycles. The molecule has 0 spiro atoms. The molecule has 0 aliphatic rings. The fraction of sp³-hybridized carbons (Fsp3) is 0.889. The van der Waals surface area contributed by atoms with Crippen LogP contribution in [0.4, 0.5) is 0 Å². The van der Waals surface area contributed by atoms with E-state index in [1.165, 1.54) is 6.42 Å². The molecule has 0 amide bonds. The van der Waals surface area contributed by atoms with E-state index in [2.05, 4.69) is 18.3 Å². The fourth-order valence-corrected chi connectivity index (χ4v) is 0.762. The number of nitrogens with zero attached hydrogens (tertiary/aromatic N) is 1. The normalized spacial score (nSPS) is 9.67. The Morgan fingerprint density at radius 2 is 2.17 bits per heavy atom. The molecule has 1 N–H and O–H groups in total. The first-order valence-corrected chi connectivity index (χ1v) is 4.57. The highest BCUT2D eigenvalue weighted by Gasteiger charge is 1.87. The fourth-order valence-electron chi connectivity index (χ4n) is 0.762. The Bertz CT molecular complexity index is 120. The van der Waals surface area contributed by atoms with Crippen molar-refractivity contribution in [3.63, 3.8) is 0 Å². The predicted octanol–water partition coefficient (Wildman–Crippen LogP) is 1.31. The van der Waals surface area contributed by atoms with E-state index in [0.717, 1.165) is 32.7 Å². The van der Waals surface area contributed by atoms with Crippen molar-refractivity contribution >= 4 is 0 Å². The summed E-state index contributed by atoms with van der Waals surface area (Å²) >= 11 is 0. The van der Waals surface area contributed by atoms with Crippen LogP contribution in [0.3, 0.4) is 0 Å². The molecule has 0 atom stereocenters. The van der Waals surface area contributed by atoms with Crippen LogP contribution in [0.15, 0.2) is 0 Å². The summed E-state index contributed by atoms with van der Waals surface area (Å²) in [6, 6.07) is 2.08. The van der Waals surface area contributed by atoms with Gasteiger partial charge in [0.05, 0.1) is 12.7 Å². The van der Waals surface area contributed by atoms with Gasteiger partial charge in [0.1, 0.15) is 0 Å².